The number of ether oxygens (including phenoxy) is 1. The molecule has 1 N–H and O–H groups in total. The number of benzene rings is 1. The van der Waals surface area contributed by atoms with Gasteiger partial charge in [0.2, 0.25) is 5.88 Å². The number of nitrogens with zero attached hydrogens (tertiary/aromatic N) is 1. The van der Waals surface area contributed by atoms with E-state index in [0.717, 1.165) is 12.1 Å². The Morgan fingerprint density at radius 3 is 2.61 bits per heavy atom. The van der Waals surface area contributed by atoms with Crippen LogP contribution in [-0.4, -0.2) is 17.2 Å². The van der Waals surface area contributed by atoms with Crippen molar-refractivity contribution in [2.24, 2.45) is 0 Å². The van der Waals surface area contributed by atoms with Gasteiger partial charge in [-0.05, 0) is 23.8 Å². The summed E-state index contributed by atoms with van der Waals surface area (Å²) in [5.74, 6) is -1.62. The van der Waals surface area contributed by atoms with Crippen molar-refractivity contribution in [1.29, 1.82) is 0 Å². The van der Waals surface area contributed by atoms with E-state index in [9.17, 15) is 13.9 Å². The van der Waals surface area contributed by atoms with Gasteiger partial charge in [0.15, 0.2) is 11.6 Å². The van der Waals surface area contributed by atoms with Crippen molar-refractivity contribution in [1.82, 2.24) is 4.98 Å². The van der Waals surface area contributed by atoms with Crippen molar-refractivity contribution in [3.05, 3.63) is 59.3 Å². The highest BCUT2D eigenvalue weighted by Crippen LogP contribution is 2.23. The van der Waals surface area contributed by atoms with Crippen LogP contribution >= 0.6 is 0 Å². The standard InChI is InChI=1S/C13H11F2NO2/c1-18-12-4-2-3-11(16-12)13(17)8-5-6-9(14)10(15)7-8/h2-7,13,17H,1H3. The van der Waals surface area contributed by atoms with Crippen LogP contribution in [0.5, 0.6) is 5.88 Å². The van der Waals surface area contributed by atoms with Crippen molar-refractivity contribution in [2.45, 2.75) is 6.10 Å². The average molecular weight is 251 g/mol. The molecule has 2 rings (SSSR count). The first-order valence-corrected chi connectivity index (χ1v) is 5.26. The SMILES string of the molecule is COc1cccc(C(O)c2ccc(F)c(F)c2)n1. The minimum Gasteiger partial charge on any atom is -0.481 e. The molecule has 1 heterocycles. The van der Waals surface area contributed by atoms with Gasteiger partial charge in [0.05, 0.1) is 12.8 Å². The Balaban J connectivity index is 2.34. The Bertz CT molecular complexity index is 560. The average Bonchev–Trinajstić information content (AvgIpc) is 2.41. The zero-order chi connectivity index (χ0) is 13.1. The molecule has 3 nitrogen and oxygen atoms in total. The predicted molar refractivity (Wildman–Crippen MR) is 61.2 cm³/mol. The molecule has 1 unspecified atom stereocenters. The molecule has 0 fully saturated rings. The van der Waals surface area contributed by atoms with E-state index in [1.165, 1.54) is 13.2 Å². The first kappa shape index (κ1) is 12.4. The molecule has 1 aromatic carbocycles. The third-order valence-electron chi connectivity index (χ3n) is 2.49. The summed E-state index contributed by atoms with van der Waals surface area (Å²) in [4.78, 5) is 4.03. The second-order valence-electron chi connectivity index (χ2n) is 3.68. The summed E-state index contributed by atoms with van der Waals surface area (Å²) in [6.07, 6.45) is -1.13. The number of pyridine rings is 1. The number of hydrogen-bond acceptors (Lipinski definition) is 3. The van der Waals surface area contributed by atoms with Crippen LogP contribution in [0.1, 0.15) is 17.4 Å². The highest BCUT2D eigenvalue weighted by Gasteiger charge is 2.14. The Labute approximate surface area is 103 Å². The molecule has 0 saturated carbocycles. The van der Waals surface area contributed by atoms with Crippen molar-refractivity contribution in [3.8, 4) is 5.88 Å². The third kappa shape index (κ3) is 2.46. The summed E-state index contributed by atoms with van der Waals surface area (Å²) in [6.45, 7) is 0. The zero-order valence-electron chi connectivity index (χ0n) is 9.60. The molecule has 2 aromatic rings. The van der Waals surface area contributed by atoms with Gasteiger partial charge in [-0.1, -0.05) is 12.1 Å². The summed E-state index contributed by atoms with van der Waals surface area (Å²) in [5.41, 5.74) is 0.537. The quantitative estimate of drug-likeness (QED) is 0.911. The van der Waals surface area contributed by atoms with Crippen LogP contribution in [0.4, 0.5) is 8.78 Å². The Morgan fingerprint density at radius 1 is 1.17 bits per heavy atom. The topological polar surface area (TPSA) is 42.4 Å². The summed E-state index contributed by atoms with van der Waals surface area (Å²) in [5, 5.41) is 10.0. The number of aliphatic hydroxyl groups is 1. The number of aliphatic hydroxyl groups excluding tert-OH is 1. The van der Waals surface area contributed by atoms with Crippen LogP contribution in [0.2, 0.25) is 0 Å². The molecular formula is C13H11F2NO2. The summed E-state index contributed by atoms with van der Waals surface area (Å²) >= 11 is 0. The smallest absolute Gasteiger partial charge is 0.213 e. The Morgan fingerprint density at radius 2 is 1.94 bits per heavy atom. The minimum absolute atomic E-state index is 0.231. The Kier molecular flexibility index (Phi) is 3.53. The lowest BCUT2D eigenvalue weighted by atomic mass is 10.1. The van der Waals surface area contributed by atoms with Crippen LogP contribution < -0.4 is 4.74 Å². The maximum atomic E-state index is 13.1. The second kappa shape index (κ2) is 5.10. The predicted octanol–water partition coefficient (Wildman–Crippen LogP) is 2.45. The van der Waals surface area contributed by atoms with Crippen molar-refractivity contribution < 1.29 is 18.6 Å². The molecule has 94 valence electrons. The van der Waals surface area contributed by atoms with Crippen molar-refractivity contribution in [2.75, 3.05) is 7.11 Å². The fourth-order valence-corrected chi connectivity index (χ4v) is 1.55. The first-order chi connectivity index (χ1) is 8.61. The van der Waals surface area contributed by atoms with E-state index in [1.807, 2.05) is 0 Å². The number of hydrogen-bond donors (Lipinski definition) is 1. The molecule has 0 aliphatic carbocycles. The lowest BCUT2D eigenvalue weighted by Crippen LogP contribution is -2.04. The van der Waals surface area contributed by atoms with E-state index in [-0.39, 0.29) is 5.56 Å². The monoisotopic (exact) mass is 251 g/mol. The summed E-state index contributed by atoms with van der Waals surface area (Å²) in [6, 6.07) is 8.08. The molecule has 0 aliphatic heterocycles. The maximum Gasteiger partial charge on any atom is 0.213 e. The van der Waals surface area contributed by atoms with E-state index < -0.39 is 17.7 Å². The summed E-state index contributed by atoms with van der Waals surface area (Å²) in [7, 11) is 1.45. The highest BCUT2D eigenvalue weighted by atomic mass is 19.2. The van der Waals surface area contributed by atoms with Gasteiger partial charge in [-0.3, -0.25) is 0 Å². The normalized spacial score (nSPS) is 12.2. The van der Waals surface area contributed by atoms with Gasteiger partial charge in [-0.15, -0.1) is 0 Å². The maximum absolute atomic E-state index is 13.1. The lowest BCUT2D eigenvalue weighted by molar-refractivity contribution is 0.213. The fraction of sp³-hybridized carbons (Fsp3) is 0.154. The molecule has 1 aromatic heterocycles. The van der Waals surface area contributed by atoms with Crippen LogP contribution in [0, 0.1) is 11.6 Å². The van der Waals surface area contributed by atoms with E-state index in [0.29, 0.717) is 11.6 Å². The number of methoxy groups -OCH3 is 1. The molecule has 0 spiro atoms. The number of halogens is 2. The molecule has 0 amide bonds. The van der Waals surface area contributed by atoms with E-state index in [4.69, 9.17) is 4.74 Å². The minimum atomic E-state index is -1.13. The molecule has 5 heteroatoms. The number of rotatable bonds is 3. The van der Waals surface area contributed by atoms with E-state index in [2.05, 4.69) is 4.98 Å². The molecule has 18 heavy (non-hydrogen) atoms. The molecular weight excluding hydrogens is 240 g/mol. The van der Waals surface area contributed by atoms with Crippen molar-refractivity contribution >= 4 is 0 Å². The van der Waals surface area contributed by atoms with E-state index in [1.54, 1.807) is 18.2 Å². The van der Waals surface area contributed by atoms with Crippen LogP contribution in [-0.2, 0) is 0 Å². The summed E-state index contributed by atoms with van der Waals surface area (Å²) < 4.78 is 30.8. The lowest BCUT2D eigenvalue weighted by Gasteiger charge is -2.11. The van der Waals surface area contributed by atoms with Gasteiger partial charge in [0.1, 0.15) is 6.10 Å². The van der Waals surface area contributed by atoms with Crippen LogP contribution in [0.3, 0.4) is 0 Å². The van der Waals surface area contributed by atoms with Gasteiger partial charge < -0.3 is 9.84 Å². The van der Waals surface area contributed by atoms with Gasteiger partial charge >= 0.3 is 0 Å². The molecule has 1 atom stereocenters. The molecule has 0 radical (unpaired) electrons. The second-order valence-corrected chi connectivity index (χ2v) is 3.68. The Hall–Kier alpha value is -2.01. The highest BCUT2D eigenvalue weighted by molar-refractivity contribution is 5.28. The van der Waals surface area contributed by atoms with Crippen LogP contribution in [0.25, 0.3) is 0 Å². The van der Waals surface area contributed by atoms with Gasteiger partial charge in [0, 0.05) is 6.07 Å². The third-order valence-corrected chi connectivity index (χ3v) is 2.49. The molecule has 0 saturated heterocycles. The van der Waals surface area contributed by atoms with Gasteiger partial charge in [-0.2, -0.15) is 0 Å². The largest absolute Gasteiger partial charge is 0.481 e. The van der Waals surface area contributed by atoms with Gasteiger partial charge in [-0.25, -0.2) is 13.8 Å². The first-order valence-electron chi connectivity index (χ1n) is 5.26. The number of aromatic nitrogens is 1. The zero-order valence-corrected chi connectivity index (χ0v) is 9.60. The molecule has 0 aliphatic rings. The van der Waals surface area contributed by atoms with Crippen molar-refractivity contribution in [3.63, 3.8) is 0 Å². The van der Waals surface area contributed by atoms with Gasteiger partial charge in [0.25, 0.3) is 0 Å². The fourth-order valence-electron chi connectivity index (χ4n) is 1.55. The van der Waals surface area contributed by atoms with E-state index >= 15 is 0 Å². The molecule has 0 bridgehead atoms. The van der Waals surface area contributed by atoms with Crippen LogP contribution in [0.15, 0.2) is 36.4 Å².